The topological polar surface area (TPSA) is 76.3 Å². The summed E-state index contributed by atoms with van der Waals surface area (Å²) in [6.45, 7) is 7.91. The smallest absolute Gasteiger partial charge is 0.297 e. The molecule has 0 aliphatic carbocycles. The van der Waals surface area contributed by atoms with Gasteiger partial charge in [0, 0.05) is 0 Å². The van der Waals surface area contributed by atoms with E-state index in [1.54, 1.807) is 4.90 Å². The lowest BCUT2D eigenvalue weighted by atomic mass is 9.97. The highest BCUT2D eigenvalue weighted by Crippen LogP contribution is 2.42. The third-order valence-corrected chi connectivity index (χ3v) is 6.91. The molecule has 156 valence electrons. The molecule has 0 fully saturated rings. The molecule has 0 bridgehead atoms. The Morgan fingerprint density at radius 3 is 2.42 bits per heavy atom. The molecule has 2 aromatic heterocycles. The van der Waals surface area contributed by atoms with Crippen LogP contribution in [0.15, 0.2) is 45.6 Å². The number of aromatic nitrogens is 2. The van der Waals surface area contributed by atoms with E-state index in [9.17, 15) is 9.59 Å². The first kappa shape index (κ1) is 19.6. The molecule has 1 amide bonds. The van der Waals surface area contributed by atoms with E-state index in [-0.39, 0.29) is 17.1 Å². The van der Waals surface area contributed by atoms with Crippen molar-refractivity contribution in [2.45, 2.75) is 40.2 Å². The molecule has 0 saturated carbocycles. The number of anilines is 1. The van der Waals surface area contributed by atoms with Gasteiger partial charge in [0.15, 0.2) is 5.43 Å². The van der Waals surface area contributed by atoms with Gasteiger partial charge in [-0.05, 0) is 56.0 Å². The second-order valence-corrected chi connectivity index (χ2v) is 8.97. The van der Waals surface area contributed by atoms with Gasteiger partial charge < -0.3 is 4.42 Å². The Kier molecular flexibility index (Phi) is 4.51. The van der Waals surface area contributed by atoms with Crippen molar-refractivity contribution in [1.29, 1.82) is 0 Å². The van der Waals surface area contributed by atoms with Crippen molar-refractivity contribution in [1.82, 2.24) is 10.2 Å². The fraction of sp³-hybridized carbons (Fsp3) is 0.250. The standard InChI is InChI=1S/C24H21N3O3S/c1-5-18-25-26-24(31-18)27-20(15-8-6-12(2)7-9-15)19-21(28)16-10-13(3)14(4)11-17(16)30-22(19)23(27)29/h6-11,20H,5H2,1-4H3. The molecular weight excluding hydrogens is 410 g/mol. The number of hydrogen-bond acceptors (Lipinski definition) is 6. The summed E-state index contributed by atoms with van der Waals surface area (Å²) in [5, 5.41) is 10.2. The molecule has 31 heavy (non-hydrogen) atoms. The molecule has 1 aliphatic heterocycles. The Hall–Kier alpha value is -3.32. The maximum absolute atomic E-state index is 13.6. The van der Waals surface area contributed by atoms with Crippen molar-refractivity contribution >= 4 is 33.3 Å². The van der Waals surface area contributed by atoms with Crippen LogP contribution >= 0.6 is 11.3 Å². The molecule has 0 radical (unpaired) electrons. The van der Waals surface area contributed by atoms with E-state index in [0.717, 1.165) is 33.7 Å². The SMILES string of the molecule is CCc1nnc(N2C(=O)c3oc4cc(C)c(C)cc4c(=O)c3C2c2ccc(C)cc2)s1. The van der Waals surface area contributed by atoms with Gasteiger partial charge in [-0.2, -0.15) is 0 Å². The van der Waals surface area contributed by atoms with Crippen LogP contribution in [0.5, 0.6) is 0 Å². The quantitative estimate of drug-likeness (QED) is 0.462. The largest absolute Gasteiger partial charge is 0.450 e. The number of hydrogen-bond donors (Lipinski definition) is 0. The second-order valence-electron chi connectivity index (χ2n) is 7.93. The Bertz CT molecular complexity index is 1400. The Morgan fingerprint density at radius 1 is 1.03 bits per heavy atom. The zero-order valence-electron chi connectivity index (χ0n) is 17.7. The molecule has 2 aromatic carbocycles. The van der Waals surface area contributed by atoms with Gasteiger partial charge in [-0.1, -0.05) is 48.1 Å². The molecule has 1 atom stereocenters. The second kappa shape index (κ2) is 7.13. The van der Waals surface area contributed by atoms with Crippen molar-refractivity contribution in [3.63, 3.8) is 0 Å². The fourth-order valence-corrected chi connectivity index (χ4v) is 4.78. The van der Waals surface area contributed by atoms with E-state index in [0.29, 0.717) is 21.7 Å². The van der Waals surface area contributed by atoms with Gasteiger partial charge in [-0.15, -0.1) is 10.2 Å². The minimum atomic E-state index is -0.608. The molecule has 0 saturated heterocycles. The van der Waals surface area contributed by atoms with Crippen LogP contribution in [0.1, 0.15) is 56.3 Å². The third-order valence-electron chi connectivity index (χ3n) is 5.84. The molecule has 3 heterocycles. The van der Waals surface area contributed by atoms with Crippen LogP contribution in [-0.4, -0.2) is 16.1 Å². The van der Waals surface area contributed by atoms with Crippen molar-refractivity contribution in [2.24, 2.45) is 0 Å². The van der Waals surface area contributed by atoms with Gasteiger partial charge in [0.05, 0.1) is 17.0 Å². The zero-order chi connectivity index (χ0) is 21.9. The van der Waals surface area contributed by atoms with E-state index in [4.69, 9.17) is 4.42 Å². The summed E-state index contributed by atoms with van der Waals surface area (Å²) in [6.07, 6.45) is 0.724. The van der Waals surface area contributed by atoms with Crippen LogP contribution in [0.25, 0.3) is 11.0 Å². The Morgan fingerprint density at radius 2 is 1.74 bits per heavy atom. The lowest BCUT2D eigenvalue weighted by molar-refractivity contribution is 0.0970. The average molecular weight is 432 g/mol. The summed E-state index contributed by atoms with van der Waals surface area (Å²) in [5.74, 6) is -0.281. The van der Waals surface area contributed by atoms with Gasteiger partial charge in [0.1, 0.15) is 10.6 Å². The third kappa shape index (κ3) is 2.99. The fourth-order valence-electron chi connectivity index (χ4n) is 3.97. The average Bonchev–Trinajstić information content (AvgIpc) is 3.33. The minimum Gasteiger partial charge on any atom is -0.450 e. The van der Waals surface area contributed by atoms with Gasteiger partial charge in [-0.3, -0.25) is 14.5 Å². The maximum atomic E-state index is 13.6. The molecular formula is C24H21N3O3S. The number of amides is 1. The van der Waals surface area contributed by atoms with Crippen LogP contribution < -0.4 is 10.3 Å². The molecule has 1 aliphatic rings. The van der Waals surface area contributed by atoms with Crippen LogP contribution in [-0.2, 0) is 6.42 Å². The molecule has 5 rings (SSSR count). The lowest BCUT2D eigenvalue weighted by Crippen LogP contribution is -2.29. The summed E-state index contributed by atoms with van der Waals surface area (Å²) < 4.78 is 6.06. The van der Waals surface area contributed by atoms with E-state index in [2.05, 4.69) is 10.2 Å². The van der Waals surface area contributed by atoms with Crippen LogP contribution in [0.4, 0.5) is 5.13 Å². The first-order valence-corrected chi connectivity index (χ1v) is 11.0. The van der Waals surface area contributed by atoms with Gasteiger partial charge in [0.25, 0.3) is 5.91 Å². The van der Waals surface area contributed by atoms with E-state index < -0.39 is 6.04 Å². The highest BCUT2D eigenvalue weighted by Gasteiger charge is 2.45. The van der Waals surface area contributed by atoms with E-state index >= 15 is 0 Å². The van der Waals surface area contributed by atoms with E-state index in [1.807, 2.05) is 64.1 Å². The maximum Gasteiger partial charge on any atom is 0.297 e. The predicted molar refractivity (Wildman–Crippen MR) is 121 cm³/mol. The van der Waals surface area contributed by atoms with Crippen LogP contribution in [0.3, 0.4) is 0 Å². The molecule has 6 nitrogen and oxygen atoms in total. The monoisotopic (exact) mass is 431 g/mol. The number of benzene rings is 2. The van der Waals surface area contributed by atoms with Crippen LogP contribution in [0, 0.1) is 20.8 Å². The number of aryl methyl sites for hydroxylation is 4. The number of rotatable bonds is 3. The van der Waals surface area contributed by atoms with Crippen molar-refractivity contribution in [3.05, 3.63) is 85.2 Å². The summed E-state index contributed by atoms with van der Waals surface area (Å²) >= 11 is 1.36. The molecule has 4 aromatic rings. The summed E-state index contributed by atoms with van der Waals surface area (Å²) in [7, 11) is 0. The van der Waals surface area contributed by atoms with Gasteiger partial charge >= 0.3 is 0 Å². The Labute approximate surface area is 183 Å². The molecule has 0 spiro atoms. The van der Waals surface area contributed by atoms with Crippen molar-refractivity contribution in [3.8, 4) is 0 Å². The summed E-state index contributed by atoms with van der Waals surface area (Å²) in [6, 6.07) is 10.9. The molecule has 7 heteroatoms. The van der Waals surface area contributed by atoms with E-state index in [1.165, 1.54) is 11.3 Å². The Balaban J connectivity index is 1.81. The molecule has 0 N–H and O–H groups in total. The number of nitrogens with zero attached hydrogens (tertiary/aromatic N) is 3. The first-order chi connectivity index (χ1) is 14.9. The number of carbonyl (C=O) groups excluding carboxylic acids is 1. The summed E-state index contributed by atoms with van der Waals surface area (Å²) in [5.41, 5.74) is 4.55. The van der Waals surface area contributed by atoms with Crippen LogP contribution in [0.2, 0.25) is 0 Å². The number of carbonyl (C=O) groups is 1. The van der Waals surface area contributed by atoms with Crippen molar-refractivity contribution in [2.75, 3.05) is 4.90 Å². The molecule has 1 unspecified atom stereocenters. The van der Waals surface area contributed by atoms with Gasteiger partial charge in [-0.25, -0.2) is 0 Å². The highest BCUT2D eigenvalue weighted by atomic mass is 32.1. The number of fused-ring (bicyclic) bond motifs is 2. The first-order valence-electron chi connectivity index (χ1n) is 10.2. The minimum absolute atomic E-state index is 0.0829. The highest BCUT2D eigenvalue weighted by molar-refractivity contribution is 7.15. The predicted octanol–water partition coefficient (Wildman–Crippen LogP) is 4.88. The zero-order valence-corrected chi connectivity index (χ0v) is 18.5. The van der Waals surface area contributed by atoms with Crippen molar-refractivity contribution < 1.29 is 9.21 Å². The normalized spacial score (nSPS) is 15.7. The lowest BCUT2D eigenvalue weighted by Gasteiger charge is -2.22. The summed E-state index contributed by atoms with van der Waals surface area (Å²) in [4.78, 5) is 28.7. The van der Waals surface area contributed by atoms with Gasteiger partial charge in [0.2, 0.25) is 10.9 Å².